The van der Waals surface area contributed by atoms with Crippen LogP contribution in [0.5, 0.6) is 0 Å². The predicted octanol–water partition coefficient (Wildman–Crippen LogP) is 3.82. The van der Waals surface area contributed by atoms with Crippen molar-refractivity contribution in [2.75, 3.05) is 18.4 Å². The summed E-state index contributed by atoms with van der Waals surface area (Å²) < 4.78 is 0. The van der Waals surface area contributed by atoms with Crippen molar-refractivity contribution < 1.29 is 9.59 Å². The lowest BCUT2D eigenvalue weighted by Gasteiger charge is -2.30. The summed E-state index contributed by atoms with van der Waals surface area (Å²) in [5, 5.41) is 2.93. The van der Waals surface area contributed by atoms with Gasteiger partial charge in [0.25, 0.3) is 11.8 Å². The lowest BCUT2D eigenvalue weighted by molar-refractivity contribution is 0.0677. The summed E-state index contributed by atoms with van der Waals surface area (Å²) in [6.45, 7) is 7.59. The molecule has 1 N–H and O–H groups in total. The number of benzene rings is 1. The summed E-state index contributed by atoms with van der Waals surface area (Å²) in [7, 11) is 0. The smallest absolute Gasteiger partial charge is 0.272 e. The van der Waals surface area contributed by atoms with E-state index >= 15 is 0 Å². The quantitative estimate of drug-likeness (QED) is 0.914. The van der Waals surface area contributed by atoms with E-state index in [0.717, 1.165) is 42.7 Å². The van der Waals surface area contributed by atoms with Crippen molar-refractivity contribution in [1.82, 2.24) is 9.88 Å². The van der Waals surface area contributed by atoms with Crippen molar-refractivity contribution in [3.8, 4) is 0 Å². The Hall–Kier alpha value is -2.69. The van der Waals surface area contributed by atoms with E-state index in [1.165, 1.54) is 6.20 Å². The molecule has 2 aromatic rings. The SMILES string of the molecule is Cc1ccc(C)c(NC(=O)c2ccnc(C(=O)N3CCCC(C)C3)c2)c1. The number of rotatable bonds is 3. The Bertz CT molecular complexity index is 832. The molecular formula is C21H25N3O2. The molecule has 3 rings (SSSR count). The molecule has 1 atom stereocenters. The maximum absolute atomic E-state index is 12.7. The lowest BCUT2D eigenvalue weighted by atomic mass is 10.00. The van der Waals surface area contributed by atoms with Crippen molar-refractivity contribution in [1.29, 1.82) is 0 Å². The van der Waals surface area contributed by atoms with Crippen LogP contribution in [0, 0.1) is 19.8 Å². The number of nitrogens with zero attached hydrogens (tertiary/aromatic N) is 2. The van der Waals surface area contributed by atoms with Gasteiger partial charge in [-0.25, -0.2) is 0 Å². The van der Waals surface area contributed by atoms with Gasteiger partial charge in [-0.05, 0) is 61.9 Å². The van der Waals surface area contributed by atoms with Gasteiger partial charge in [0.2, 0.25) is 0 Å². The first-order valence-corrected chi connectivity index (χ1v) is 9.08. The van der Waals surface area contributed by atoms with Crippen LogP contribution < -0.4 is 5.32 Å². The highest BCUT2D eigenvalue weighted by molar-refractivity contribution is 6.06. The average molecular weight is 351 g/mol. The minimum Gasteiger partial charge on any atom is -0.337 e. The Morgan fingerprint density at radius 2 is 2.00 bits per heavy atom. The Morgan fingerprint density at radius 1 is 1.19 bits per heavy atom. The second-order valence-electron chi connectivity index (χ2n) is 7.20. The average Bonchev–Trinajstić information content (AvgIpc) is 2.64. The number of amides is 2. The first-order chi connectivity index (χ1) is 12.4. The number of aryl methyl sites for hydroxylation is 2. The molecule has 1 fully saturated rings. The van der Waals surface area contributed by atoms with Crippen LogP contribution in [0.2, 0.25) is 0 Å². The number of nitrogens with one attached hydrogen (secondary N) is 1. The fraction of sp³-hybridized carbons (Fsp3) is 0.381. The van der Waals surface area contributed by atoms with Crippen LogP contribution in [-0.4, -0.2) is 34.8 Å². The van der Waals surface area contributed by atoms with E-state index in [0.29, 0.717) is 17.2 Å². The molecule has 1 aliphatic heterocycles. The molecule has 5 heteroatoms. The van der Waals surface area contributed by atoms with Gasteiger partial charge < -0.3 is 10.2 Å². The van der Waals surface area contributed by atoms with Gasteiger partial charge in [0.15, 0.2) is 0 Å². The highest BCUT2D eigenvalue weighted by Crippen LogP contribution is 2.19. The van der Waals surface area contributed by atoms with Crippen molar-refractivity contribution in [2.45, 2.75) is 33.6 Å². The van der Waals surface area contributed by atoms with Crippen LogP contribution in [0.1, 0.15) is 51.7 Å². The number of pyridine rings is 1. The van der Waals surface area contributed by atoms with Crippen LogP contribution >= 0.6 is 0 Å². The normalized spacial score (nSPS) is 17.0. The second kappa shape index (κ2) is 7.68. The molecule has 0 saturated carbocycles. The Balaban J connectivity index is 1.77. The summed E-state index contributed by atoms with van der Waals surface area (Å²) in [5.41, 5.74) is 3.62. The minimum atomic E-state index is -0.234. The van der Waals surface area contributed by atoms with Crippen LogP contribution in [0.4, 0.5) is 5.69 Å². The second-order valence-corrected chi connectivity index (χ2v) is 7.20. The zero-order valence-corrected chi connectivity index (χ0v) is 15.6. The number of likely N-dealkylation sites (tertiary alicyclic amines) is 1. The van der Waals surface area contributed by atoms with E-state index in [1.807, 2.05) is 36.9 Å². The van der Waals surface area contributed by atoms with Crippen molar-refractivity contribution >= 4 is 17.5 Å². The fourth-order valence-electron chi connectivity index (χ4n) is 3.29. The first kappa shape index (κ1) is 18.1. The number of anilines is 1. The van der Waals surface area contributed by atoms with Gasteiger partial charge in [-0.1, -0.05) is 19.1 Å². The van der Waals surface area contributed by atoms with Gasteiger partial charge in [-0.2, -0.15) is 0 Å². The summed E-state index contributed by atoms with van der Waals surface area (Å²) in [6.07, 6.45) is 3.69. The standard InChI is InChI=1S/C21H25N3O2/c1-14-6-7-16(3)18(11-14)23-20(25)17-8-9-22-19(12-17)21(26)24-10-4-5-15(2)13-24/h6-9,11-12,15H,4-5,10,13H2,1-3H3,(H,23,25). The van der Waals surface area contributed by atoms with Crippen LogP contribution in [0.25, 0.3) is 0 Å². The molecule has 26 heavy (non-hydrogen) atoms. The molecule has 1 aliphatic rings. The Kier molecular flexibility index (Phi) is 5.35. The highest BCUT2D eigenvalue weighted by Gasteiger charge is 2.23. The van der Waals surface area contributed by atoms with Gasteiger partial charge >= 0.3 is 0 Å². The molecule has 0 bridgehead atoms. The zero-order valence-electron chi connectivity index (χ0n) is 15.6. The van der Waals surface area contributed by atoms with Crippen molar-refractivity contribution in [3.05, 3.63) is 58.9 Å². The lowest BCUT2D eigenvalue weighted by Crippen LogP contribution is -2.39. The van der Waals surface area contributed by atoms with Crippen molar-refractivity contribution in [3.63, 3.8) is 0 Å². The van der Waals surface area contributed by atoms with E-state index in [1.54, 1.807) is 12.1 Å². The van der Waals surface area contributed by atoms with Gasteiger partial charge in [0.05, 0.1) is 0 Å². The van der Waals surface area contributed by atoms with E-state index in [4.69, 9.17) is 0 Å². The minimum absolute atomic E-state index is 0.0991. The number of aromatic nitrogens is 1. The largest absolute Gasteiger partial charge is 0.337 e. The topological polar surface area (TPSA) is 62.3 Å². The molecule has 0 radical (unpaired) electrons. The number of carbonyl (C=O) groups is 2. The third-order valence-corrected chi connectivity index (χ3v) is 4.83. The number of carbonyl (C=O) groups excluding carboxylic acids is 2. The summed E-state index contributed by atoms with van der Waals surface area (Å²) in [4.78, 5) is 31.4. The molecular weight excluding hydrogens is 326 g/mol. The molecule has 0 spiro atoms. The van der Waals surface area contributed by atoms with E-state index in [9.17, 15) is 9.59 Å². The zero-order chi connectivity index (χ0) is 18.7. The summed E-state index contributed by atoms with van der Waals surface area (Å²) in [6, 6.07) is 9.14. The molecule has 1 aromatic carbocycles. The molecule has 136 valence electrons. The van der Waals surface area contributed by atoms with Gasteiger partial charge in [-0.3, -0.25) is 14.6 Å². The number of hydrogen-bond donors (Lipinski definition) is 1. The monoisotopic (exact) mass is 351 g/mol. The fourth-order valence-corrected chi connectivity index (χ4v) is 3.29. The molecule has 5 nitrogen and oxygen atoms in total. The molecule has 1 unspecified atom stereocenters. The molecule has 0 aliphatic carbocycles. The van der Waals surface area contributed by atoms with E-state index in [2.05, 4.69) is 17.2 Å². The predicted molar refractivity (Wildman–Crippen MR) is 102 cm³/mol. The van der Waals surface area contributed by atoms with Gasteiger partial charge in [0, 0.05) is 30.5 Å². The third-order valence-electron chi connectivity index (χ3n) is 4.83. The molecule has 1 aromatic heterocycles. The number of piperidine rings is 1. The molecule has 1 saturated heterocycles. The molecule has 2 amide bonds. The van der Waals surface area contributed by atoms with Crippen LogP contribution in [0.3, 0.4) is 0 Å². The van der Waals surface area contributed by atoms with Crippen LogP contribution in [-0.2, 0) is 0 Å². The van der Waals surface area contributed by atoms with E-state index < -0.39 is 0 Å². The summed E-state index contributed by atoms with van der Waals surface area (Å²) in [5.74, 6) is 0.170. The maximum Gasteiger partial charge on any atom is 0.272 e. The molecule has 2 heterocycles. The van der Waals surface area contributed by atoms with Gasteiger partial charge in [-0.15, -0.1) is 0 Å². The van der Waals surface area contributed by atoms with E-state index in [-0.39, 0.29) is 11.8 Å². The highest BCUT2D eigenvalue weighted by atomic mass is 16.2. The van der Waals surface area contributed by atoms with Gasteiger partial charge in [0.1, 0.15) is 5.69 Å². The summed E-state index contributed by atoms with van der Waals surface area (Å²) >= 11 is 0. The Morgan fingerprint density at radius 3 is 2.77 bits per heavy atom. The van der Waals surface area contributed by atoms with Crippen LogP contribution in [0.15, 0.2) is 36.5 Å². The van der Waals surface area contributed by atoms with Crippen molar-refractivity contribution in [2.24, 2.45) is 5.92 Å². The third kappa shape index (κ3) is 4.10. The maximum atomic E-state index is 12.7. The Labute approximate surface area is 154 Å². The number of hydrogen-bond acceptors (Lipinski definition) is 3. The first-order valence-electron chi connectivity index (χ1n) is 9.08.